The summed E-state index contributed by atoms with van der Waals surface area (Å²) in [5, 5.41) is 5.22. The van der Waals surface area contributed by atoms with Crippen LogP contribution in [0, 0.1) is 5.82 Å². The summed E-state index contributed by atoms with van der Waals surface area (Å²) in [6.45, 7) is 1.33. The molecule has 0 fully saturated rings. The zero-order valence-corrected chi connectivity index (χ0v) is 14.4. The summed E-state index contributed by atoms with van der Waals surface area (Å²) < 4.78 is 14.2. The molecule has 0 unspecified atom stereocenters. The van der Waals surface area contributed by atoms with Crippen molar-refractivity contribution in [2.75, 3.05) is 30.4 Å². The first-order valence-electron chi connectivity index (χ1n) is 7.32. The summed E-state index contributed by atoms with van der Waals surface area (Å²) in [6.07, 6.45) is 0.793. The van der Waals surface area contributed by atoms with Crippen LogP contribution >= 0.6 is 15.9 Å². The fraction of sp³-hybridized carbons (Fsp3) is 0.235. The molecule has 0 saturated heterocycles. The van der Waals surface area contributed by atoms with Crippen LogP contribution in [0.15, 0.2) is 53.0 Å². The number of nitrogens with one attached hydrogen (secondary N) is 2. The highest BCUT2D eigenvalue weighted by atomic mass is 79.9. The van der Waals surface area contributed by atoms with E-state index in [1.54, 1.807) is 6.07 Å². The number of urea groups is 1. The van der Waals surface area contributed by atoms with Gasteiger partial charge in [0.25, 0.3) is 0 Å². The molecule has 2 aromatic rings. The summed E-state index contributed by atoms with van der Waals surface area (Å²) in [6, 6.07) is 14.1. The highest BCUT2D eigenvalue weighted by Gasteiger charge is 2.07. The summed E-state index contributed by atoms with van der Waals surface area (Å²) in [4.78, 5) is 13.9. The monoisotopic (exact) mass is 379 g/mol. The molecule has 2 aromatic carbocycles. The lowest BCUT2D eigenvalue weighted by atomic mass is 10.3. The standard InChI is InChI=1S/C17H19BrFN3O/c1-22(14-6-3-2-4-7-14)11-5-10-20-17(23)21-16-9-8-13(18)12-15(16)19/h2-4,6-9,12H,5,10-11H2,1H3,(H2,20,21,23). The predicted octanol–water partition coefficient (Wildman–Crippen LogP) is 4.24. The average Bonchev–Trinajstić information content (AvgIpc) is 2.55. The van der Waals surface area contributed by atoms with Crippen molar-refractivity contribution in [2.24, 2.45) is 0 Å². The number of halogens is 2. The minimum Gasteiger partial charge on any atom is -0.375 e. The lowest BCUT2D eigenvalue weighted by molar-refractivity contribution is 0.252. The molecule has 2 N–H and O–H groups in total. The van der Waals surface area contributed by atoms with Gasteiger partial charge in [-0.05, 0) is 36.8 Å². The van der Waals surface area contributed by atoms with E-state index in [9.17, 15) is 9.18 Å². The van der Waals surface area contributed by atoms with E-state index in [0.29, 0.717) is 11.0 Å². The lowest BCUT2D eigenvalue weighted by Crippen LogP contribution is -2.31. The van der Waals surface area contributed by atoms with Gasteiger partial charge in [-0.25, -0.2) is 9.18 Å². The van der Waals surface area contributed by atoms with Crippen LogP contribution in [0.2, 0.25) is 0 Å². The van der Waals surface area contributed by atoms with Gasteiger partial charge in [-0.15, -0.1) is 0 Å². The highest BCUT2D eigenvalue weighted by Crippen LogP contribution is 2.19. The van der Waals surface area contributed by atoms with E-state index in [-0.39, 0.29) is 5.69 Å². The van der Waals surface area contributed by atoms with E-state index in [0.717, 1.165) is 18.7 Å². The van der Waals surface area contributed by atoms with Crippen molar-refractivity contribution in [2.45, 2.75) is 6.42 Å². The number of hydrogen-bond donors (Lipinski definition) is 2. The van der Waals surface area contributed by atoms with Gasteiger partial charge in [-0.2, -0.15) is 0 Å². The predicted molar refractivity (Wildman–Crippen MR) is 95.5 cm³/mol. The van der Waals surface area contributed by atoms with E-state index < -0.39 is 11.8 Å². The Balaban J connectivity index is 1.71. The first kappa shape index (κ1) is 17.3. The molecular weight excluding hydrogens is 361 g/mol. The first-order chi connectivity index (χ1) is 11.1. The fourth-order valence-electron chi connectivity index (χ4n) is 2.09. The second kappa shape index (κ2) is 8.53. The Morgan fingerprint density at radius 1 is 1.22 bits per heavy atom. The van der Waals surface area contributed by atoms with Crippen LogP contribution in [0.4, 0.5) is 20.6 Å². The van der Waals surface area contributed by atoms with Crippen LogP contribution in [-0.2, 0) is 0 Å². The Labute approximate surface area is 143 Å². The highest BCUT2D eigenvalue weighted by molar-refractivity contribution is 9.10. The van der Waals surface area contributed by atoms with Crippen molar-refractivity contribution in [1.29, 1.82) is 0 Å². The van der Waals surface area contributed by atoms with Gasteiger partial charge in [0.2, 0.25) is 0 Å². The number of carbonyl (C=O) groups excluding carboxylic acids is 1. The molecule has 0 heterocycles. The summed E-state index contributed by atoms with van der Waals surface area (Å²) in [5.41, 5.74) is 1.29. The molecule has 2 rings (SSSR count). The van der Waals surface area contributed by atoms with E-state index in [4.69, 9.17) is 0 Å². The number of nitrogens with zero attached hydrogens (tertiary/aromatic N) is 1. The smallest absolute Gasteiger partial charge is 0.319 e. The topological polar surface area (TPSA) is 44.4 Å². The van der Waals surface area contributed by atoms with Crippen LogP contribution < -0.4 is 15.5 Å². The van der Waals surface area contributed by atoms with Gasteiger partial charge >= 0.3 is 6.03 Å². The lowest BCUT2D eigenvalue weighted by Gasteiger charge is -2.19. The maximum absolute atomic E-state index is 13.6. The molecule has 0 spiro atoms. The molecule has 0 aliphatic rings. The van der Waals surface area contributed by atoms with Crippen LogP contribution in [0.5, 0.6) is 0 Å². The largest absolute Gasteiger partial charge is 0.375 e. The second-order valence-corrected chi connectivity index (χ2v) is 6.03. The normalized spacial score (nSPS) is 10.2. The molecule has 2 amide bonds. The summed E-state index contributed by atoms with van der Waals surface area (Å²) >= 11 is 3.17. The van der Waals surface area contributed by atoms with Crippen LogP contribution in [0.3, 0.4) is 0 Å². The SMILES string of the molecule is CN(CCCNC(=O)Nc1ccc(Br)cc1F)c1ccccc1. The number of para-hydroxylation sites is 1. The van der Waals surface area contributed by atoms with E-state index >= 15 is 0 Å². The van der Waals surface area contributed by atoms with Gasteiger partial charge in [0, 0.05) is 30.3 Å². The number of amides is 2. The van der Waals surface area contributed by atoms with Crippen molar-refractivity contribution >= 4 is 33.3 Å². The van der Waals surface area contributed by atoms with Crippen LogP contribution in [0.25, 0.3) is 0 Å². The van der Waals surface area contributed by atoms with Gasteiger partial charge in [-0.1, -0.05) is 34.1 Å². The maximum atomic E-state index is 13.6. The maximum Gasteiger partial charge on any atom is 0.319 e. The van der Waals surface area contributed by atoms with Gasteiger partial charge < -0.3 is 15.5 Å². The van der Waals surface area contributed by atoms with E-state index in [1.165, 1.54) is 12.1 Å². The Kier molecular flexibility index (Phi) is 6.40. The van der Waals surface area contributed by atoms with Crippen molar-refractivity contribution in [1.82, 2.24) is 5.32 Å². The van der Waals surface area contributed by atoms with Gasteiger partial charge in [-0.3, -0.25) is 0 Å². The molecular formula is C17H19BrFN3O. The molecule has 0 saturated carbocycles. The number of carbonyl (C=O) groups is 1. The third-order valence-electron chi connectivity index (χ3n) is 3.33. The molecule has 0 aliphatic heterocycles. The van der Waals surface area contributed by atoms with Gasteiger partial charge in [0.15, 0.2) is 0 Å². The number of anilines is 2. The average molecular weight is 380 g/mol. The number of benzene rings is 2. The number of hydrogen-bond acceptors (Lipinski definition) is 2. The number of rotatable bonds is 6. The molecule has 6 heteroatoms. The van der Waals surface area contributed by atoms with Gasteiger partial charge in [0.05, 0.1) is 5.69 Å². The van der Waals surface area contributed by atoms with Gasteiger partial charge in [0.1, 0.15) is 5.82 Å². The first-order valence-corrected chi connectivity index (χ1v) is 8.11. The Bertz CT molecular complexity index is 652. The van der Waals surface area contributed by atoms with Crippen LogP contribution in [-0.4, -0.2) is 26.2 Å². The van der Waals surface area contributed by atoms with Crippen LogP contribution in [0.1, 0.15) is 6.42 Å². The fourth-order valence-corrected chi connectivity index (χ4v) is 2.42. The molecule has 23 heavy (non-hydrogen) atoms. The van der Waals surface area contributed by atoms with Crippen molar-refractivity contribution < 1.29 is 9.18 Å². The molecule has 0 aromatic heterocycles. The van der Waals surface area contributed by atoms with Crippen molar-refractivity contribution in [3.63, 3.8) is 0 Å². The molecule has 4 nitrogen and oxygen atoms in total. The molecule has 122 valence electrons. The summed E-state index contributed by atoms with van der Waals surface area (Å²) in [7, 11) is 2.01. The van der Waals surface area contributed by atoms with E-state index in [1.807, 2.05) is 37.4 Å². The molecule has 0 atom stereocenters. The van der Waals surface area contributed by atoms with E-state index in [2.05, 4.69) is 31.5 Å². The molecule has 0 bridgehead atoms. The third-order valence-corrected chi connectivity index (χ3v) is 3.83. The van der Waals surface area contributed by atoms with Crippen molar-refractivity contribution in [3.05, 3.63) is 58.8 Å². The third kappa shape index (κ3) is 5.56. The van der Waals surface area contributed by atoms with Crippen molar-refractivity contribution in [3.8, 4) is 0 Å². The Hall–Kier alpha value is -2.08. The Morgan fingerprint density at radius 2 is 1.96 bits per heavy atom. The minimum absolute atomic E-state index is 0.159. The molecule has 0 aliphatic carbocycles. The zero-order valence-electron chi connectivity index (χ0n) is 12.9. The quantitative estimate of drug-likeness (QED) is 0.737. The minimum atomic E-state index is -0.474. The second-order valence-electron chi connectivity index (χ2n) is 5.12. The zero-order chi connectivity index (χ0) is 16.7. The Morgan fingerprint density at radius 3 is 2.65 bits per heavy atom. The molecule has 0 radical (unpaired) electrons. The summed E-state index contributed by atoms with van der Waals surface area (Å²) in [5.74, 6) is -0.474.